The second kappa shape index (κ2) is 5.93. The van der Waals surface area contributed by atoms with Gasteiger partial charge in [0, 0.05) is 17.7 Å². The zero-order valence-corrected chi connectivity index (χ0v) is 13.4. The fourth-order valence-corrected chi connectivity index (χ4v) is 4.20. The van der Waals surface area contributed by atoms with Crippen molar-refractivity contribution in [1.82, 2.24) is 4.90 Å². The summed E-state index contributed by atoms with van der Waals surface area (Å²) in [5.74, 6) is -3.16. The number of phenolic OH excluding ortho intramolecular Hbond substituents is 2. The Labute approximate surface area is 144 Å². The first kappa shape index (κ1) is 17.0. The van der Waals surface area contributed by atoms with Gasteiger partial charge in [-0.05, 0) is 17.7 Å². The normalized spacial score (nSPS) is 22.4. The zero-order valence-electron chi connectivity index (χ0n) is 12.6. The minimum absolute atomic E-state index is 0.0328. The van der Waals surface area contributed by atoms with E-state index in [-0.39, 0.29) is 23.4 Å². The van der Waals surface area contributed by atoms with Crippen LogP contribution < -0.4 is 5.73 Å². The molecule has 2 aliphatic heterocycles. The molecule has 0 aromatic heterocycles. The van der Waals surface area contributed by atoms with Gasteiger partial charge in [0.05, 0.1) is 4.92 Å². The van der Waals surface area contributed by atoms with E-state index in [0.29, 0.717) is 5.57 Å². The molecule has 132 valence electrons. The molecule has 0 saturated carbocycles. The molecule has 0 radical (unpaired) electrons. The molecular weight excluding hydrogens is 354 g/mol. The summed E-state index contributed by atoms with van der Waals surface area (Å²) in [6.45, 7) is 0. The van der Waals surface area contributed by atoms with Gasteiger partial charge < -0.3 is 21.1 Å². The molecular formula is C14H13N3O7S. The minimum Gasteiger partial charge on any atom is -0.504 e. The Hall–Kier alpha value is -2.79. The molecule has 2 aliphatic rings. The molecule has 2 atom stereocenters. The summed E-state index contributed by atoms with van der Waals surface area (Å²) in [5, 5.41) is 39.4. The second-order valence-electron chi connectivity index (χ2n) is 5.57. The highest BCUT2D eigenvalue weighted by atomic mass is 32.2. The summed E-state index contributed by atoms with van der Waals surface area (Å²) in [6, 6.07) is 1.55. The van der Waals surface area contributed by atoms with Crippen molar-refractivity contribution in [3.8, 4) is 11.5 Å². The van der Waals surface area contributed by atoms with E-state index < -0.39 is 45.4 Å². The fourth-order valence-electron chi connectivity index (χ4n) is 2.90. The molecule has 1 aromatic rings. The second-order valence-corrected chi connectivity index (χ2v) is 6.67. The van der Waals surface area contributed by atoms with Gasteiger partial charge >= 0.3 is 11.7 Å². The predicted octanol–water partition coefficient (Wildman–Crippen LogP) is 0.130. The van der Waals surface area contributed by atoms with Crippen molar-refractivity contribution >= 4 is 29.3 Å². The highest BCUT2D eigenvalue weighted by molar-refractivity contribution is 8.00. The molecule has 0 bridgehead atoms. The third kappa shape index (κ3) is 2.57. The first-order valence-corrected chi connectivity index (χ1v) is 8.12. The highest BCUT2D eigenvalue weighted by Gasteiger charge is 2.51. The largest absolute Gasteiger partial charge is 0.504 e. The maximum absolute atomic E-state index is 11.9. The van der Waals surface area contributed by atoms with Gasteiger partial charge in [0.1, 0.15) is 17.1 Å². The molecule has 5 N–H and O–H groups in total. The van der Waals surface area contributed by atoms with E-state index in [1.54, 1.807) is 0 Å². The summed E-state index contributed by atoms with van der Waals surface area (Å²) in [4.78, 5) is 34.9. The first-order valence-electron chi connectivity index (χ1n) is 7.07. The number of β-lactam (4-membered cyclic amide) rings is 1. The maximum atomic E-state index is 11.9. The number of aromatic hydroxyl groups is 2. The summed E-state index contributed by atoms with van der Waals surface area (Å²) >= 11 is 1.27. The van der Waals surface area contributed by atoms with Crippen molar-refractivity contribution < 1.29 is 29.8 Å². The smallest absolute Gasteiger partial charge is 0.352 e. The van der Waals surface area contributed by atoms with Crippen LogP contribution in [-0.4, -0.2) is 54.2 Å². The number of hydrogen-bond acceptors (Lipinski definition) is 8. The number of amides is 1. The topological polar surface area (TPSA) is 167 Å². The number of nitro groups is 1. The number of aliphatic carboxylic acids is 1. The number of thioether (sulfide) groups is 1. The molecule has 1 unspecified atom stereocenters. The summed E-state index contributed by atoms with van der Waals surface area (Å²) in [6.07, 6.45) is -0.162. The fraction of sp³-hybridized carbons (Fsp3) is 0.286. The molecule has 2 heterocycles. The lowest BCUT2D eigenvalue weighted by molar-refractivity contribution is -0.386. The van der Waals surface area contributed by atoms with Gasteiger partial charge in [-0.1, -0.05) is 0 Å². The van der Waals surface area contributed by atoms with Crippen LogP contribution in [0.1, 0.15) is 5.56 Å². The standard InChI is InChI=1S/C14H13N3O7S/c15-8-12(20)16-10(14(21)22)6(4-25-13(8)16)3-5-1-2-7(18)11(19)9(5)17(23)24/h1-2,8,13,18-19H,3-4,15H2,(H,21,22)/t8?,13-/m1/s1. The van der Waals surface area contributed by atoms with Gasteiger partial charge in [-0.3, -0.25) is 19.8 Å². The monoisotopic (exact) mass is 367 g/mol. The van der Waals surface area contributed by atoms with Crippen LogP contribution in [0.4, 0.5) is 5.69 Å². The number of phenols is 2. The molecule has 25 heavy (non-hydrogen) atoms. The van der Waals surface area contributed by atoms with E-state index in [4.69, 9.17) is 5.73 Å². The third-order valence-corrected chi connectivity index (χ3v) is 5.45. The number of carboxylic acid groups (broad SMARTS) is 1. The summed E-state index contributed by atoms with van der Waals surface area (Å²) < 4.78 is 0. The van der Waals surface area contributed by atoms with E-state index in [2.05, 4.69) is 0 Å². The van der Waals surface area contributed by atoms with Gasteiger partial charge in [-0.2, -0.15) is 0 Å². The van der Waals surface area contributed by atoms with Gasteiger partial charge in [0.15, 0.2) is 5.75 Å². The number of nitrogens with two attached hydrogens (primary N) is 1. The van der Waals surface area contributed by atoms with Crippen molar-refractivity contribution in [2.24, 2.45) is 5.73 Å². The van der Waals surface area contributed by atoms with Crippen molar-refractivity contribution in [2.45, 2.75) is 17.8 Å². The predicted molar refractivity (Wildman–Crippen MR) is 85.9 cm³/mol. The number of rotatable bonds is 4. The van der Waals surface area contributed by atoms with Crippen LogP contribution in [0.2, 0.25) is 0 Å². The Kier molecular flexibility index (Phi) is 4.05. The Morgan fingerprint density at radius 1 is 1.44 bits per heavy atom. The SMILES string of the molecule is NC1C(=O)N2C(C(=O)O)=C(Cc3ccc(O)c(O)c3[N+](=O)[O-])CS[C@H]12. The molecule has 0 spiro atoms. The van der Waals surface area contributed by atoms with Gasteiger partial charge in [-0.15, -0.1) is 11.8 Å². The summed E-state index contributed by atoms with van der Waals surface area (Å²) in [7, 11) is 0. The molecule has 11 heteroatoms. The van der Waals surface area contributed by atoms with E-state index in [9.17, 15) is 35.0 Å². The number of carboxylic acids is 1. The molecule has 0 aliphatic carbocycles. The molecule has 3 rings (SSSR count). The molecule has 10 nitrogen and oxygen atoms in total. The van der Waals surface area contributed by atoms with E-state index in [1.807, 2.05) is 0 Å². The van der Waals surface area contributed by atoms with Crippen LogP contribution in [0.25, 0.3) is 0 Å². The number of nitrogens with zero attached hydrogens (tertiary/aromatic N) is 2. The number of fused-ring (bicyclic) bond motifs is 1. The zero-order chi connectivity index (χ0) is 18.5. The molecule has 1 aromatic carbocycles. The van der Waals surface area contributed by atoms with Crippen molar-refractivity contribution in [3.63, 3.8) is 0 Å². The van der Waals surface area contributed by atoms with Crippen molar-refractivity contribution in [3.05, 3.63) is 39.1 Å². The van der Waals surface area contributed by atoms with Crippen LogP contribution in [0, 0.1) is 10.1 Å². The Morgan fingerprint density at radius 3 is 2.72 bits per heavy atom. The third-order valence-electron chi connectivity index (χ3n) is 4.09. The summed E-state index contributed by atoms with van der Waals surface area (Å²) in [5.41, 5.74) is 5.05. The number of hydrogen-bond donors (Lipinski definition) is 4. The average molecular weight is 367 g/mol. The molecule has 1 saturated heterocycles. The van der Waals surface area contributed by atoms with Gasteiger partial charge in [-0.25, -0.2) is 4.79 Å². The van der Waals surface area contributed by atoms with Crippen LogP contribution in [-0.2, 0) is 16.0 Å². The number of nitro benzene ring substituents is 1. The lowest BCUT2D eigenvalue weighted by Crippen LogP contribution is -2.68. The average Bonchev–Trinajstić information content (AvgIpc) is 2.56. The van der Waals surface area contributed by atoms with E-state index >= 15 is 0 Å². The van der Waals surface area contributed by atoms with Crippen LogP contribution in [0.3, 0.4) is 0 Å². The highest BCUT2D eigenvalue weighted by Crippen LogP contribution is 2.43. The maximum Gasteiger partial charge on any atom is 0.352 e. The van der Waals surface area contributed by atoms with Crippen molar-refractivity contribution in [2.75, 3.05) is 5.75 Å². The van der Waals surface area contributed by atoms with Crippen LogP contribution in [0.5, 0.6) is 11.5 Å². The number of benzene rings is 1. The number of carbonyl (C=O) groups is 2. The molecule has 1 amide bonds. The quantitative estimate of drug-likeness (QED) is 0.250. The van der Waals surface area contributed by atoms with Crippen LogP contribution >= 0.6 is 11.8 Å². The van der Waals surface area contributed by atoms with Crippen molar-refractivity contribution in [1.29, 1.82) is 0 Å². The lowest BCUT2D eigenvalue weighted by Gasteiger charge is -2.48. The van der Waals surface area contributed by atoms with E-state index in [0.717, 1.165) is 11.0 Å². The van der Waals surface area contributed by atoms with E-state index in [1.165, 1.54) is 17.8 Å². The Morgan fingerprint density at radius 2 is 2.12 bits per heavy atom. The lowest BCUT2D eigenvalue weighted by atomic mass is 9.98. The minimum atomic E-state index is -1.33. The van der Waals surface area contributed by atoms with Gasteiger partial charge in [0.2, 0.25) is 11.7 Å². The van der Waals surface area contributed by atoms with Crippen LogP contribution in [0.15, 0.2) is 23.4 Å². The Bertz CT molecular complexity index is 838. The Balaban J connectivity index is 2.05. The first-order chi connectivity index (χ1) is 11.7. The number of carbonyl (C=O) groups excluding carboxylic acids is 1. The van der Waals surface area contributed by atoms with Gasteiger partial charge in [0.25, 0.3) is 0 Å². The molecule has 1 fully saturated rings.